The highest BCUT2D eigenvalue weighted by molar-refractivity contribution is 7.89. The summed E-state index contributed by atoms with van der Waals surface area (Å²) in [7, 11) is -3.71. The van der Waals surface area contributed by atoms with E-state index < -0.39 is 10.0 Å². The van der Waals surface area contributed by atoms with E-state index in [1.807, 2.05) is 31.2 Å². The lowest BCUT2D eigenvalue weighted by Crippen LogP contribution is -2.24. The molecule has 32 heavy (non-hydrogen) atoms. The molecule has 0 bridgehead atoms. The van der Waals surface area contributed by atoms with Gasteiger partial charge in [0, 0.05) is 31.3 Å². The predicted octanol–water partition coefficient (Wildman–Crippen LogP) is 3.36. The molecule has 0 saturated carbocycles. The van der Waals surface area contributed by atoms with Gasteiger partial charge in [0.05, 0.1) is 4.90 Å². The molecule has 0 atom stereocenters. The summed E-state index contributed by atoms with van der Waals surface area (Å²) >= 11 is 0. The van der Waals surface area contributed by atoms with Crippen LogP contribution in [0.25, 0.3) is 0 Å². The van der Waals surface area contributed by atoms with Crippen molar-refractivity contribution in [1.29, 1.82) is 0 Å². The summed E-state index contributed by atoms with van der Waals surface area (Å²) in [5.74, 6) is -0.428. The molecule has 3 N–H and O–H groups in total. The van der Waals surface area contributed by atoms with E-state index >= 15 is 0 Å². The third kappa shape index (κ3) is 6.50. The molecule has 2 amide bonds. The minimum Gasteiger partial charge on any atom is -0.348 e. The maximum absolute atomic E-state index is 12.5. The topological polar surface area (TPSA) is 104 Å². The molecule has 0 fully saturated rings. The Kier molecular flexibility index (Phi) is 7.40. The quantitative estimate of drug-likeness (QED) is 0.488. The van der Waals surface area contributed by atoms with Crippen LogP contribution >= 0.6 is 0 Å². The molecule has 0 saturated heterocycles. The average Bonchev–Trinajstić information content (AvgIpc) is 2.77. The summed E-state index contributed by atoms with van der Waals surface area (Å²) in [6.07, 6.45) is 0. The van der Waals surface area contributed by atoms with Gasteiger partial charge in [-0.05, 0) is 54.4 Å². The third-order valence-corrected chi connectivity index (χ3v) is 6.16. The molecule has 0 aromatic heterocycles. The van der Waals surface area contributed by atoms with Crippen LogP contribution in [0.1, 0.15) is 34.0 Å². The molecule has 0 radical (unpaired) electrons. The minimum absolute atomic E-state index is 0.0844. The van der Waals surface area contributed by atoms with E-state index in [-0.39, 0.29) is 23.3 Å². The Morgan fingerprint density at radius 1 is 0.781 bits per heavy atom. The normalized spacial score (nSPS) is 11.1. The number of carbonyl (C=O) groups is 2. The zero-order chi connectivity index (χ0) is 23.1. The summed E-state index contributed by atoms with van der Waals surface area (Å²) in [5.41, 5.74) is 3.91. The zero-order valence-electron chi connectivity index (χ0n) is 17.9. The first-order valence-electron chi connectivity index (χ1n) is 10.0. The van der Waals surface area contributed by atoms with Crippen LogP contribution in [-0.4, -0.2) is 20.2 Å². The number of carbonyl (C=O) groups excluding carboxylic acids is 2. The van der Waals surface area contributed by atoms with Gasteiger partial charge in [0.25, 0.3) is 5.91 Å². The summed E-state index contributed by atoms with van der Waals surface area (Å²) in [6.45, 7) is 3.90. The van der Waals surface area contributed by atoms with Gasteiger partial charge in [0.2, 0.25) is 15.9 Å². The van der Waals surface area contributed by atoms with Gasteiger partial charge < -0.3 is 10.6 Å². The van der Waals surface area contributed by atoms with Gasteiger partial charge in [-0.2, -0.15) is 0 Å². The van der Waals surface area contributed by atoms with Gasteiger partial charge in [-0.1, -0.05) is 42.0 Å². The van der Waals surface area contributed by atoms with Gasteiger partial charge in [0.15, 0.2) is 0 Å². The molecule has 0 aliphatic heterocycles. The van der Waals surface area contributed by atoms with Crippen molar-refractivity contribution in [3.05, 3.63) is 95.1 Å². The Morgan fingerprint density at radius 2 is 1.34 bits per heavy atom. The molecule has 3 aromatic carbocycles. The van der Waals surface area contributed by atoms with Crippen LogP contribution < -0.4 is 15.4 Å². The van der Waals surface area contributed by atoms with E-state index in [0.29, 0.717) is 17.8 Å². The molecular formula is C24H25N3O4S. The van der Waals surface area contributed by atoms with Crippen LogP contribution in [0.2, 0.25) is 0 Å². The van der Waals surface area contributed by atoms with E-state index in [4.69, 9.17) is 0 Å². The van der Waals surface area contributed by atoms with Crippen LogP contribution in [-0.2, 0) is 27.9 Å². The maximum atomic E-state index is 12.5. The van der Waals surface area contributed by atoms with Crippen LogP contribution in [0.15, 0.2) is 77.7 Å². The number of sulfonamides is 1. The summed E-state index contributed by atoms with van der Waals surface area (Å²) in [5, 5.41) is 5.46. The molecule has 0 aliphatic rings. The van der Waals surface area contributed by atoms with Crippen LogP contribution in [0, 0.1) is 6.92 Å². The summed E-state index contributed by atoms with van der Waals surface area (Å²) in [4.78, 5) is 23.5. The second-order valence-corrected chi connectivity index (χ2v) is 9.16. The molecule has 0 spiro atoms. The number of benzene rings is 3. The number of anilines is 1. The molecule has 0 aliphatic carbocycles. The fourth-order valence-electron chi connectivity index (χ4n) is 2.95. The Morgan fingerprint density at radius 3 is 1.94 bits per heavy atom. The molecule has 7 nitrogen and oxygen atoms in total. The van der Waals surface area contributed by atoms with Crippen molar-refractivity contribution in [2.45, 2.75) is 31.8 Å². The van der Waals surface area contributed by atoms with Crippen LogP contribution in [0.3, 0.4) is 0 Å². The fraction of sp³-hybridized carbons (Fsp3) is 0.167. The van der Waals surface area contributed by atoms with Crippen molar-refractivity contribution in [1.82, 2.24) is 10.0 Å². The van der Waals surface area contributed by atoms with E-state index in [1.165, 1.54) is 31.2 Å². The monoisotopic (exact) mass is 451 g/mol. The first-order chi connectivity index (χ1) is 15.2. The largest absolute Gasteiger partial charge is 0.348 e. The Labute approximate surface area is 187 Å². The highest BCUT2D eigenvalue weighted by Gasteiger charge is 2.14. The standard InChI is InChI=1S/C24H25N3O4S/c1-17-3-5-19(6-4-17)15-25-24(29)21-9-7-20(8-10-21)16-26-32(30,31)23-13-11-22(12-14-23)27-18(2)28/h3-14,26H,15-16H2,1-2H3,(H,25,29)(H,27,28). The van der Waals surface area contributed by atoms with Gasteiger partial charge in [-0.15, -0.1) is 0 Å². The Balaban J connectivity index is 1.55. The van der Waals surface area contributed by atoms with E-state index in [1.54, 1.807) is 24.3 Å². The minimum atomic E-state index is -3.71. The zero-order valence-corrected chi connectivity index (χ0v) is 18.7. The number of rotatable bonds is 8. The highest BCUT2D eigenvalue weighted by Crippen LogP contribution is 2.15. The lowest BCUT2D eigenvalue weighted by molar-refractivity contribution is -0.114. The second-order valence-electron chi connectivity index (χ2n) is 7.40. The predicted molar refractivity (Wildman–Crippen MR) is 124 cm³/mol. The van der Waals surface area contributed by atoms with Gasteiger partial charge in [0.1, 0.15) is 0 Å². The van der Waals surface area contributed by atoms with Crippen molar-refractivity contribution in [3.8, 4) is 0 Å². The SMILES string of the molecule is CC(=O)Nc1ccc(S(=O)(=O)NCc2ccc(C(=O)NCc3ccc(C)cc3)cc2)cc1. The molecule has 8 heteroatoms. The van der Waals surface area contributed by atoms with Crippen molar-refractivity contribution >= 4 is 27.5 Å². The first-order valence-corrected chi connectivity index (χ1v) is 11.5. The molecule has 3 rings (SSSR count). The van der Waals surface area contributed by atoms with Crippen molar-refractivity contribution in [2.24, 2.45) is 0 Å². The molecular weight excluding hydrogens is 426 g/mol. The first kappa shape index (κ1) is 23.2. The molecule has 166 valence electrons. The Bertz CT molecular complexity index is 1190. The third-order valence-electron chi connectivity index (χ3n) is 4.74. The molecule has 0 unspecified atom stereocenters. The van der Waals surface area contributed by atoms with E-state index in [2.05, 4.69) is 15.4 Å². The van der Waals surface area contributed by atoms with E-state index in [9.17, 15) is 18.0 Å². The number of aryl methyl sites for hydroxylation is 1. The van der Waals surface area contributed by atoms with Crippen molar-refractivity contribution in [2.75, 3.05) is 5.32 Å². The van der Waals surface area contributed by atoms with Crippen molar-refractivity contribution < 1.29 is 18.0 Å². The number of nitrogens with one attached hydrogen (secondary N) is 3. The van der Waals surface area contributed by atoms with E-state index in [0.717, 1.165) is 16.7 Å². The fourth-order valence-corrected chi connectivity index (χ4v) is 3.96. The number of amides is 2. The van der Waals surface area contributed by atoms with Gasteiger partial charge in [-0.3, -0.25) is 9.59 Å². The number of hydrogen-bond acceptors (Lipinski definition) is 4. The number of hydrogen-bond donors (Lipinski definition) is 3. The lowest BCUT2D eigenvalue weighted by atomic mass is 10.1. The van der Waals surface area contributed by atoms with Crippen molar-refractivity contribution in [3.63, 3.8) is 0 Å². The summed E-state index contributed by atoms with van der Waals surface area (Å²) in [6, 6.07) is 20.6. The van der Waals surface area contributed by atoms with Gasteiger partial charge >= 0.3 is 0 Å². The summed E-state index contributed by atoms with van der Waals surface area (Å²) < 4.78 is 27.5. The highest BCUT2D eigenvalue weighted by atomic mass is 32.2. The molecule has 3 aromatic rings. The average molecular weight is 452 g/mol. The van der Waals surface area contributed by atoms with Crippen LogP contribution in [0.4, 0.5) is 5.69 Å². The van der Waals surface area contributed by atoms with Gasteiger partial charge in [-0.25, -0.2) is 13.1 Å². The van der Waals surface area contributed by atoms with Crippen LogP contribution in [0.5, 0.6) is 0 Å². The second kappa shape index (κ2) is 10.2. The lowest BCUT2D eigenvalue weighted by Gasteiger charge is -2.09. The smallest absolute Gasteiger partial charge is 0.251 e. The maximum Gasteiger partial charge on any atom is 0.251 e. The Hall–Kier alpha value is -3.49. The molecule has 0 heterocycles.